The molecule has 1 N–H and O–H groups in total. The van der Waals surface area contributed by atoms with Crippen LogP contribution in [0.5, 0.6) is 0 Å². The van der Waals surface area contributed by atoms with Gasteiger partial charge in [-0.05, 0) is 31.2 Å². The van der Waals surface area contributed by atoms with Crippen LogP contribution in [0.25, 0.3) is 10.9 Å². The zero-order valence-electron chi connectivity index (χ0n) is 13.0. The predicted molar refractivity (Wildman–Crippen MR) is 93.3 cm³/mol. The van der Waals surface area contributed by atoms with Gasteiger partial charge in [-0.3, -0.25) is 10.1 Å². The first-order valence-corrected chi connectivity index (χ1v) is 8.98. The van der Waals surface area contributed by atoms with Crippen LogP contribution in [0.1, 0.15) is 11.1 Å². The molecular weight excluding hydrogens is 368 g/mol. The summed E-state index contributed by atoms with van der Waals surface area (Å²) in [5, 5.41) is 21.0. The van der Waals surface area contributed by atoms with Crippen LogP contribution in [0.3, 0.4) is 0 Å². The highest BCUT2D eigenvalue weighted by Gasteiger charge is 2.24. The second kappa shape index (κ2) is 6.14. The average molecular weight is 381 g/mol. The van der Waals surface area contributed by atoms with Crippen LogP contribution < -0.4 is 0 Å². The molecule has 0 aliphatic carbocycles. The minimum absolute atomic E-state index is 0.145. The fraction of sp³-hybridized carbons (Fsp3) is 0.125. The first kappa shape index (κ1) is 17.4. The van der Waals surface area contributed by atoms with Crippen molar-refractivity contribution in [3.05, 3.63) is 68.9 Å². The van der Waals surface area contributed by atoms with E-state index >= 15 is 0 Å². The molecule has 0 radical (unpaired) electrons. The van der Waals surface area contributed by atoms with E-state index in [1.807, 2.05) is 6.92 Å². The highest BCUT2D eigenvalue weighted by Crippen LogP contribution is 2.31. The van der Waals surface area contributed by atoms with E-state index in [1.165, 1.54) is 18.3 Å². The van der Waals surface area contributed by atoms with Crippen molar-refractivity contribution in [2.24, 2.45) is 0 Å². The lowest BCUT2D eigenvalue weighted by atomic mass is 10.1. The van der Waals surface area contributed by atoms with E-state index < -0.39 is 20.6 Å². The van der Waals surface area contributed by atoms with Crippen molar-refractivity contribution in [2.75, 3.05) is 0 Å². The maximum Gasteiger partial charge on any atom is 0.289 e. The fourth-order valence-corrected chi connectivity index (χ4v) is 4.21. The highest BCUT2D eigenvalue weighted by molar-refractivity contribution is 7.90. The van der Waals surface area contributed by atoms with Crippen LogP contribution in [0, 0.1) is 17.0 Å². The van der Waals surface area contributed by atoms with Crippen molar-refractivity contribution < 1.29 is 18.4 Å². The second-order valence-electron chi connectivity index (χ2n) is 5.50. The Balaban J connectivity index is 2.27. The smallest absolute Gasteiger partial charge is 0.289 e. The third kappa shape index (κ3) is 2.88. The molecule has 0 bridgehead atoms. The van der Waals surface area contributed by atoms with Crippen molar-refractivity contribution in [2.45, 2.75) is 18.4 Å². The standard InChI is InChI=1S/C16H13ClN2O5S/c1-10-2-5-15-13(6-10)11(9-20)8-18(15)25(23,24)12-3-4-14(17)16(7-12)19(21)22/h2-8,20H,9H2,1H3. The second-order valence-corrected chi connectivity index (χ2v) is 7.73. The maximum atomic E-state index is 13.0. The predicted octanol–water partition coefficient (Wildman–Crippen LogP) is 3.24. The number of aryl methyl sites for hydroxylation is 1. The number of fused-ring (bicyclic) bond motifs is 1. The van der Waals surface area contributed by atoms with Gasteiger partial charge in [0.2, 0.25) is 0 Å². The summed E-state index contributed by atoms with van der Waals surface area (Å²) in [5.74, 6) is 0. The summed E-state index contributed by atoms with van der Waals surface area (Å²) in [5.41, 5.74) is 1.26. The van der Waals surface area contributed by atoms with Crippen molar-refractivity contribution in [3.63, 3.8) is 0 Å². The number of aliphatic hydroxyl groups excluding tert-OH is 1. The molecule has 0 amide bonds. The van der Waals surface area contributed by atoms with Crippen LogP contribution in [-0.2, 0) is 16.6 Å². The summed E-state index contributed by atoms with van der Waals surface area (Å²) >= 11 is 5.75. The quantitative estimate of drug-likeness (QED) is 0.553. The largest absolute Gasteiger partial charge is 0.392 e. The number of halogens is 1. The molecule has 0 atom stereocenters. The van der Waals surface area contributed by atoms with E-state index in [0.717, 1.165) is 15.6 Å². The summed E-state index contributed by atoms with van der Waals surface area (Å²) in [6.07, 6.45) is 1.32. The molecular formula is C16H13ClN2O5S. The van der Waals surface area contributed by atoms with Gasteiger partial charge in [-0.1, -0.05) is 23.2 Å². The molecule has 0 aliphatic heterocycles. The molecule has 0 fully saturated rings. The third-order valence-electron chi connectivity index (χ3n) is 3.85. The summed E-state index contributed by atoms with van der Waals surface area (Å²) in [6.45, 7) is 1.53. The van der Waals surface area contributed by atoms with Gasteiger partial charge >= 0.3 is 0 Å². The monoisotopic (exact) mass is 380 g/mol. The number of hydrogen-bond acceptors (Lipinski definition) is 5. The topological polar surface area (TPSA) is 102 Å². The molecule has 7 nitrogen and oxygen atoms in total. The van der Waals surface area contributed by atoms with Gasteiger partial charge in [0.05, 0.1) is 21.9 Å². The number of aliphatic hydroxyl groups is 1. The van der Waals surface area contributed by atoms with Crippen molar-refractivity contribution >= 4 is 38.2 Å². The first-order valence-electron chi connectivity index (χ1n) is 7.16. The van der Waals surface area contributed by atoms with Gasteiger partial charge in [0.25, 0.3) is 15.7 Å². The Kier molecular flexibility index (Phi) is 4.28. The van der Waals surface area contributed by atoms with Gasteiger partial charge in [-0.15, -0.1) is 0 Å². The van der Waals surface area contributed by atoms with Gasteiger partial charge in [-0.2, -0.15) is 0 Å². The summed E-state index contributed by atoms with van der Waals surface area (Å²) < 4.78 is 26.9. The lowest BCUT2D eigenvalue weighted by Crippen LogP contribution is -2.12. The number of rotatable bonds is 4. The summed E-state index contributed by atoms with van der Waals surface area (Å²) in [4.78, 5) is 10.0. The van der Waals surface area contributed by atoms with Crippen LogP contribution >= 0.6 is 11.6 Å². The van der Waals surface area contributed by atoms with Gasteiger partial charge in [0.1, 0.15) is 5.02 Å². The molecule has 130 valence electrons. The Bertz CT molecular complexity index is 1110. The zero-order chi connectivity index (χ0) is 18.4. The lowest BCUT2D eigenvalue weighted by molar-refractivity contribution is -0.384. The lowest BCUT2D eigenvalue weighted by Gasteiger charge is -2.08. The fourth-order valence-electron chi connectivity index (χ4n) is 2.61. The Morgan fingerprint density at radius 3 is 2.60 bits per heavy atom. The van der Waals surface area contributed by atoms with Gasteiger partial charge in [0.15, 0.2) is 0 Å². The minimum Gasteiger partial charge on any atom is -0.392 e. The number of benzene rings is 2. The molecule has 25 heavy (non-hydrogen) atoms. The number of nitrogens with zero attached hydrogens (tertiary/aromatic N) is 2. The van der Waals surface area contributed by atoms with Crippen LogP contribution in [0.15, 0.2) is 47.5 Å². The molecule has 0 aliphatic rings. The Morgan fingerprint density at radius 1 is 1.24 bits per heavy atom. The average Bonchev–Trinajstić information content (AvgIpc) is 2.93. The van der Waals surface area contributed by atoms with Gasteiger partial charge in [0, 0.05) is 23.2 Å². The van der Waals surface area contributed by atoms with Crippen molar-refractivity contribution in [1.82, 2.24) is 3.97 Å². The SMILES string of the molecule is Cc1ccc2c(c1)c(CO)cn2S(=O)(=O)c1ccc(Cl)c([N+](=O)[O-])c1. The van der Waals surface area contributed by atoms with Crippen molar-refractivity contribution in [1.29, 1.82) is 0 Å². The molecule has 9 heteroatoms. The summed E-state index contributed by atoms with van der Waals surface area (Å²) in [7, 11) is -4.10. The molecule has 3 aromatic rings. The Hall–Kier alpha value is -2.42. The van der Waals surface area contributed by atoms with Crippen LogP contribution in [0.2, 0.25) is 5.02 Å². The van der Waals surface area contributed by atoms with Crippen LogP contribution in [0.4, 0.5) is 5.69 Å². The number of aromatic nitrogens is 1. The Morgan fingerprint density at radius 2 is 1.96 bits per heavy atom. The van der Waals surface area contributed by atoms with E-state index in [4.69, 9.17) is 11.6 Å². The van der Waals surface area contributed by atoms with E-state index in [-0.39, 0.29) is 16.5 Å². The number of nitro groups is 1. The molecule has 0 unspecified atom stereocenters. The van der Waals surface area contributed by atoms with Gasteiger partial charge < -0.3 is 5.11 Å². The minimum atomic E-state index is -4.10. The number of nitro benzene ring substituents is 1. The normalized spacial score (nSPS) is 11.8. The zero-order valence-corrected chi connectivity index (χ0v) is 14.6. The van der Waals surface area contributed by atoms with E-state index in [9.17, 15) is 23.6 Å². The molecule has 0 saturated carbocycles. The molecule has 1 heterocycles. The van der Waals surface area contributed by atoms with Gasteiger partial charge in [-0.25, -0.2) is 12.4 Å². The Labute approximate surface area is 148 Å². The third-order valence-corrected chi connectivity index (χ3v) is 5.84. The molecule has 1 aromatic heterocycles. The molecule has 0 saturated heterocycles. The van der Waals surface area contributed by atoms with E-state index in [0.29, 0.717) is 16.5 Å². The molecule has 0 spiro atoms. The highest BCUT2D eigenvalue weighted by atomic mass is 35.5. The van der Waals surface area contributed by atoms with E-state index in [2.05, 4.69) is 0 Å². The number of hydrogen-bond donors (Lipinski definition) is 1. The van der Waals surface area contributed by atoms with Crippen LogP contribution in [-0.4, -0.2) is 22.4 Å². The van der Waals surface area contributed by atoms with Crippen molar-refractivity contribution in [3.8, 4) is 0 Å². The maximum absolute atomic E-state index is 13.0. The molecule has 2 aromatic carbocycles. The summed E-state index contributed by atoms with van der Waals surface area (Å²) in [6, 6.07) is 8.47. The first-order chi connectivity index (χ1) is 11.8. The molecule has 3 rings (SSSR count). The van der Waals surface area contributed by atoms with E-state index in [1.54, 1.807) is 18.2 Å².